The summed E-state index contributed by atoms with van der Waals surface area (Å²) in [6.07, 6.45) is 27.2. The number of nitrogens with one attached hydrogen (secondary N) is 1. The van der Waals surface area contributed by atoms with Crippen molar-refractivity contribution < 1.29 is 19.2 Å². The van der Waals surface area contributed by atoms with Gasteiger partial charge in [-0.1, -0.05) is 103 Å². The summed E-state index contributed by atoms with van der Waals surface area (Å²) in [6.45, 7) is 4.13. The highest BCUT2D eigenvalue weighted by atomic mass is 16.4. The van der Waals surface area contributed by atoms with Gasteiger partial charge in [-0.15, -0.1) is 0 Å². The van der Waals surface area contributed by atoms with E-state index in [1.54, 1.807) is 21.1 Å². The molecule has 0 fully saturated rings. The molecule has 0 spiro atoms. The zero-order valence-electron chi connectivity index (χ0n) is 24.5. The number of likely N-dealkylation sites (N-methyl/N-ethyl adjacent to an activating group) is 1. The van der Waals surface area contributed by atoms with Crippen molar-refractivity contribution in [3.8, 4) is 0 Å². The quantitative estimate of drug-likeness (QED) is 0.0568. The van der Waals surface area contributed by atoms with Crippen molar-refractivity contribution in [3.05, 3.63) is 12.2 Å². The Morgan fingerprint density at radius 2 is 1.19 bits per heavy atom. The maximum absolute atomic E-state index is 12.4. The molecule has 6 heteroatoms. The van der Waals surface area contributed by atoms with E-state index >= 15 is 0 Å². The molecule has 0 aromatic carbocycles. The number of unbranched alkanes of at least 4 members (excludes halogenated alkanes) is 15. The third kappa shape index (κ3) is 15.0. The lowest BCUT2D eigenvalue weighted by molar-refractivity contribution is -0.915. The van der Waals surface area contributed by atoms with Gasteiger partial charge in [0, 0.05) is 6.42 Å². The van der Waals surface area contributed by atoms with E-state index in [0.717, 1.165) is 19.3 Å². The summed E-state index contributed by atoms with van der Waals surface area (Å²) in [4.78, 5) is 24.3. The molecule has 212 valence electrons. The van der Waals surface area contributed by atoms with Crippen molar-refractivity contribution in [2.75, 3.05) is 21.1 Å². The molecule has 0 heterocycles. The van der Waals surface area contributed by atoms with Crippen LogP contribution in [0.3, 0.4) is 0 Å². The molecule has 0 aliphatic carbocycles. The number of carbonyl (C=O) groups is 2. The lowest BCUT2D eigenvalue weighted by Gasteiger charge is -2.44. The topological polar surface area (TPSA) is 92.4 Å². The Morgan fingerprint density at radius 1 is 0.778 bits per heavy atom. The maximum Gasteiger partial charge on any atom is 0.384 e. The Labute approximate surface area is 223 Å². The molecule has 0 rings (SSSR count). The maximum atomic E-state index is 12.4. The highest BCUT2D eigenvalue weighted by Crippen LogP contribution is 2.21. The van der Waals surface area contributed by atoms with E-state index in [-0.39, 0.29) is 10.4 Å². The predicted octanol–water partition coefficient (Wildman–Crippen LogP) is 6.92. The number of nitrogens with two attached hydrogens (primary N) is 1. The number of aliphatic carboxylic acids is 1. The highest BCUT2D eigenvalue weighted by Gasteiger charge is 2.53. The fourth-order valence-electron chi connectivity index (χ4n) is 4.76. The van der Waals surface area contributed by atoms with Gasteiger partial charge < -0.3 is 14.9 Å². The van der Waals surface area contributed by atoms with Gasteiger partial charge in [0.25, 0.3) is 5.66 Å². The van der Waals surface area contributed by atoms with Crippen LogP contribution >= 0.6 is 0 Å². The average molecular weight is 511 g/mol. The molecular formula is C30H60N3O3+. The van der Waals surface area contributed by atoms with E-state index in [9.17, 15) is 14.7 Å². The lowest BCUT2D eigenvalue weighted by atomic mass is 9.95. The summed E-state index contributed by atoms with van der Waals surface area (Å²) >= 11 is 0. The monoisotopic (exact) mass is 510 g/mol. The number of carboxylic acid groups (broad SMARTS) is 1. The minimum Gasteiger partial charge on any atom is -0.475 e. The molecule has 0 aliphatic rings. The molecule has 1 amide bonds. The van der Waals surface area contributed by atoms with E-state index in [1.807, 2.05) is 6.92 Å². The molecule has 2 unspecified atom stereocenters. The normalized spacial score (nSPS) is 14.6. The third-order valence-electron chi connectivity index (χ3n) is 7.39. The van der Waals surface area contributed by atoms with Crippen LogP contribution in [0.25, 0.3) is 0 Å². The van der Waals surface area contributed by atoms with Crippen molar-refractivity contribution >= 4 is 11.9 Å². The molecule has 0 radical (unpaired) electrons. The van der Waals surface area contributed by atoms with Crippen LogP contribution in [0.4, 0.5) is 0 Å². The van der Waals surface area contributed by atoms with E-state index in [4.69, 9.17) is 5.73 Å². The second kappa shape index (κ2) is 20.6. The van der Waals surface area contributed by atoms with Crippen molar-refractivity contribution in [1.82, 2.24) is 5.32 Å². The van der Waals surface area contributed by atoms with Crippen molar-refractivity contribution in [2.45, 2.75) is 148 Å². The van der Waals surface area contributed by atoms with E-state index in [1.165, 1.54) is 89.9 Å². The zero-order chi connectivity index (χ0) is 27.3. The number of nitrogens with zero attached hydrogens (tertiary/aromatic N) is 1. The number of carboxylic acids is 1. The first-order valence-corrected chi connectivity index (χ1v) is 14.9. The molecule has 0 aromatic heterocycles. The molecule has 4 N–H and O–H groups in total. The van der Waals surface area contributed by atoms with Gasteiger partial charge in [-0.25, -0.2) is 4.79 Å². The van der Waals surface area contributed by atoms with Gasteiger partial charge in [-0.05, 0) is 38.5 Å². The lowest BCUT2D eigenvalue weighted by Crippen LogP contribution is -2.76. The van der Waals surface area contributed by atoms with Crippen LogP contribution in [0, 0.1) is 0 Å². The number of carbonyl (C=O) groups excluding carboxylic acids is 1. The smallest absolute Gasteiger partial charge is 0.384 e. The van der Waals surface area contributed by atoms with E-state index in [2.05, 4.69) is 24.4 Å². The molecule has 2 atom stereocenters. The Hall–Kier alpha value is -1.40. The summed E-state index contributed by atoms with van der Waals surface area (Å²) < 4.78 is 0.0388. The van der Waals surface area contributed by atoms with Gasteiger partial charge in [-0.2, -0.15) is 0 Å². The Bertz CT molecular complexity index is 601. The number of rotatable bonds is 24. The standard InChI is InChI=1S/C30H59N3O3/c1-6-8-9-10-11-12-13-14-15-16-17-18-19-20-21-22-23-24-25-26-28(34)32-27(7-2)30(31,29(35)36)33(3,4)5/h14-15,27H,6-13,16-26,31H2,1-5H3,(H-,32,34,35,36)/p+1/b15-14-. The molecule has 0 aliphatic heterocycles. The van der Waals surface area contributed by atoms with Crippen molar-refractivity contribution in [3.63, 3.8) is 0 Å². The molecule has 36 heavy (non-hydrogen) atoms. The molecular weight excluding hydrogens is 450 g/mol. The molecule has 0 bridgehead atoms. The highest BCUT2D eigenvalue weighted by molar-refractivity contribution is 5.81. The zero-order valence-corrected chi connectivity index (χ0v) is 24.5. The van der Waals surface area contributed by atoms with Gasteiger partial charge in [0.2, 0.25) is 5.91 Å². The Balaban J connectivity index is 3.74. The number of quaternary nitrogens is 1. The second-order valence-corrected chi connectivity index (χ2v) is 11.4. The second-order valence-electron chi connectivity index (χ2n) is 11.4. The van der Waals surface area contributed by atoms with Crippen molar-refractivity contribution in [2.24, 2.45) is 5.73 Å². The molecule has 0 saturated heterocycles. The van der Waals surface area contributed by atoms with E-state index in [0.29, 0.717) is 12.8 Å². The Morgan fingerprint density at radius 3 is 1.58 bits per heavy atom. The van der Waals surface area contributed by atoms with Crippen LogP contribution < -0.4 is 11.1 Å². The average Bonchev–Trinajstić information content (AvgIpc) is 2.82. The molecule has 0 saturated carbocycles. The molecule has 6 nitrogen and oxygen atoms in total. The third-order valence-corrected chi connectivity index (χ3v) is 7.39. The minimum atomic E-state index is -1.56. The summed E-state index contributed by atoms with van der Waals surface area (Å²) in [5.41, 5.74) is 4.72. The van der Waals surface area contributed by atoms with Crippen LogP contribution in [-0.2, 0) is 9.59 Å². The number of amides is 1. The predicted molar refractivity (Wildman–Crippen MR) is 153 cm³/mol. The van der Waals surface area contributed by atoms with Crippen LogP contribution in [-0.4, -0.2) is 54.3 Å². The van der Waals surface area contributed by atoms with Crippen LogP contribution in [0.2, 0.25) is 0 Å². The Kier molecular flexibility index (Phi) is 19.8. The first kappa shape index (κ1) is 34.6. The first-order valence-electron chi connectivity index (χ1n) is 14.9. The van der Waals surface area contributed by atoms with Gasteiger partial charge in [0.05, 0.1) is 21.1 Å². The van der Waals surface area contributed by atoms with Gasteiger partial charge in [0.15, 0.2) is 0 Å². The van der Waals surface area contributed by atoms with Gasteiger partial charge in [-0.3, -0.25) is 10.5 Å². The number of hydrogen-bond acceptors (Lipinski definition) is 3. The van der Waals surface area contributed by atoms with Gasteiger partial charge >= 0.3 is 5.97 Å². The van der Waals surface area contributed by atoms with E-state index < -0.39 is 17.7 Å². The van der Waals surface area contributed by atoms with Gasteiger partial charge in [0.1, 0.15) is 6.04 Å². The van der Waals surface area contributed by atoms with Crippen LogP contribution in [0.15, 0.2) is 12.2 Å². The summed E-state index contributed by atoms with van der Waals surface area (Å²) in [7, 11) is 5.24. The summed E-state index contributed by atoms with van der Waals surface area (Å²) in [5, 5.41) is 12.6. The molecule has 0 aromatic rings. The van der Waals surface area contributed by atoms with Crippen LogP contribution in [0.5, 0.6) is 0 Å². The van der Waals surface area contributed by atoms with Crippen LogP contribution in [0.1, 0.15) is 136 Å². The number of allylic oxidation sites excluding steroid dienone is 2. The summed E-state index contributed by atoms with van der Waals surface area (Å²) in [5.74, 6) is -1.20. The first-order chi connectivity index (χ1) is 17.1. The minimum absolute atomic E-state index is 0.0388. The number of hydrogen-bond donors (Lipinski definition) is 3. The fourth-order valence-corrected chi connectivity index (χ4v) is 4.76. The fraction of sp³-hybridized carbons (Fsp3) is 0.867. The van der Waals surface area contributed by atoms with Crippen molar-refractivity contribution in [1.29, 1.82) is 0 Å². The SMILES string of the molecule is CCCCCCCC/C=C\CCCCCCCCCCCC(=O)NC(CC)C(N)(C(=O)O)[N+](C)(C)C. The summed E-state index contributed by atoms with van der Waals surface area (Å²) in [6, 6.07) is -0.613. The largest absolute Gasteiger partial charge is 0.475 e.